The molecule has 2 rings (SSSR count). The normalized spacial score (nSPS) is 20.6. The molecular weight excluding hydrogens is 200 g/mol. The van der Waals surface area contributed by atoms with Crippen molar-refractivity contribution in [2.24, 2.45) is 5.92 Å². The van der Waals surface area contributed by atoms with E-state index in [4.69, 9.17) is 0 Å². The van der Waals surface area contributed by atoms with Gasteiger partial charge in [-0.3, -0.25) is 4.68 Å². The van der Waals surface area contributed by atoms with Crippen LogP contribution in [0.4, 0.5) is 0 Å². The molecule has 1 aromatic rings. The predicted octanol–water partition coefficient (Wildman–Crippen LogP) is 2.91. The smallest absolute Gasteiger partial charge is 0.0848 e. The lowest BCUT2D eigenvalue weighted by Crippen LogP contribution is -2.11. The predicted molar refractivity (Wildman–Crippen MR) is 64.1 cm³/mol. The van der Waals surface area contributed by atoms with Crippen LogP contribution >= 0.6 is 0 Å². The van der Waals surface area contributed by atoms with E-state index in [0.29, 0.717) is 5.92 Å². The van der Waals surface area contributed by atoms with Crippen LogP contribution in [0.2, 0.25) is 0 Å². The summed E-state index contributed by atoms with van der Waals surface area (Å²) < 4.78 is 1.88. The number of hydrogen-bond donors (Lipinski definition) is 1. The fourth-order valence-corrected chi connectivity index (χ4v) is 2.60. The molecule has 1 atom stereocenters. The van der Waals surface area contributed by atoms with Crippen molar-refractivity contribution in [2.45, 2.75) is 58.1 Å². The molecule has 1 aromatic heterocycles. The van der Waals surface area contributed by atoms with Crippen LogP contribution in [-0.4, -0.2) is 14.9 Å². The molecule has 0 aromatic carbocycles. The van der Waals surface area contributed by atoms with E-state index in [1.54, 1.807) is 0 Å². The molecule has 16 heavy (non-hydrogen) atoms. The van der Waals surface area contributed by atoms with Gasteiger partial charge in [0.1, 0.15) is 0 Å². The standard InChI is InChI=1S/C13H22N2O/c1-2-15-10-12(9-14-15)13(16)11-7-5-3-4-6-8-11/h9-11,13,16H,2-8H2,1H3. The first-order valence-corrected chi connectivity index (χ1v) is 6.51. The average Bonchev–Trinajstić information content (AvgIpc) is 2.62. The Bertz CT molecular complexity index is 313. The second-order valence-electron chi connectivity index (χ2n) is 4.83. The van der Waals surface area contributed by atoms with Gasteiger partial charge in [0.15, 0.2) is 0 Å². The lowest BCUT2D eigenvalue weighted by Gasteiger charge is -2.19. The van der Waals surface area contributed by atoms with Gasteiger partial charge >= 0.3 is 0 Å². The summed E-state index contributed by atoms with van der Waals surface area (Å²) >= 11 is 0. The van der Waals surface area contributed by atoms with Gasteiger partial charge in [-0.05, 0) is 25.7 Å². The summed E-state index contributed by atoms with van der Waals surface area (Å²) in [5.74, 6) is 0.442. The highest BCUT2D eigenvalue weighted by molar-refractivity contribution is 5.09. The summed E-state index contributed by atoms with van der Waals surface area (Å²) in [6, 6.07) is 0. The molecule has 0 aliphatic heterocycles. The highest BCUT2D eigenvalue weighted by atomic mass is 16.3. The topological polar surface area (TPSA) is 38.0 Å². The Labute approximate surface area is 97.5 Å². The summed E-state index contributed by atoms with van der Waals surface area (Å²) in [6.07, 6.45) is 11.0. The molecule has 1 fully saturated rings. The van der Waals surface area contributed by atoms with Crippen LogP contribution in [0.5, 0.6) is 0 Å². The van der Waals surface area contributed by atoms with Crippen molar-refractivity contribution in [3.8, 4) is 0 Å². The molecule has 0 amide bonds. The minimum absolute atomic E-state index is 0.307. The van der Waals surface area contributed by atoms with E-state index in [-0.39, 0.29) is 6.10 Å². The van der Waals surface area contributed by atoms with Gasteiger partial charge in [0.2, 0.25) is 0 Å². The zero-order chi connectivity index (χ0) is 11.4. The third-order valence-corrected chi connectivity index (χ3v) is 3.67. The summed E-state index contributed by atoms with van der Waals surface area (Å²) in [6.45, 7) is 2.94. The molecule has 3 nitrogen and oxygen atoms in total. The van der Waals surface area contributed by atoms with Gasteiger partial charge in [0, 0.05) is 18.3 Å². The van der Waals surface area contributed by atoms with Gasteiger partial charge in [-0.15, -0.1) is 0 Å². The lowest BCUT2D eigenvalue weighted by atomic mass is 9.91. The fourth-order valence-electron chi connectivity index (χ4n) is 2.60. The molecule has 1 N–H and O–H groups in total. The minimum atomic E-state index is -0.307. The molecule has 1 unspecified atom stereocenters. The number of aliphatic hydroxyl groups excluding tert-OH is 1. The Morgan fingerprint density at radius 1 is 1.38 bits per heavy atom. The quantitative estimate of drug-likeness (QED) is 0.798. The molecule has 0 spiro atoms. The molecule has 1 saturated carbocycles. The van der Waals surface area contributed by atoms with Crippen LogP contribution in [0.15, 0.2) is 12.4 Å². The van der Waals surface area contributed by atoms with Crippen LogP contribution in [0.3, 0.4) is 0 Å². The van der Waals surface area contributed by atoms with Crippen molar-refractivity contribution in [1.82, 2.24) is 9.78 Å². The highest BCUT2D eigenvalue weighted by Gasteiger charge is 2.22. The van der Waals surface area contributed by atoms with E-state index in [0.717, 1.165) is 12.1 Å². The molecule has 1 aliphatic rings. The van der Waals surface area contributed by atoms with E-state index >= 15 is 0 Å². The van der Waals surface area contributed by atoms with Gasteiger partial charge in [-0.2, -0.15) is 5.10 Å². The molecule has 90 valence electrons. The third kappa shape index (κ3) is 2.64. The SMILES string of the molecule is CCn1cc(C(O)C2CCCCCC2)cn1. The number of aromatic nitrogens is 2. The van der Waals surface area contributed by atoms with Crippen LogP contribution in [-0.2, 0) is 6.54 Å². The van der Waals surface area contributed by atoms with Gasteiger partial charge in [-0.1, -0.05) is 25.7 Å². The second kappa shape index (κ2) is 5.48. The third-order valence-electron chi connectivity index (χ3n) is 3.67. The summed E-state index contributed by atoms with van der Waals surface area (Å²) in [4.78, 5) is 0. The van der Waals surface area contributed by atoms with Gasteiger partial charge in [0.05, 0.1) is 12.3 Å². The number of aliphatic hydroxyl groups is 1. The van der Waals surface area contributed by atoms with Crippen molar-refractivity contribution in [3.05, 3.63) is 18.0 Å². The first-order valence-electron chi connectivity index (χ1n) is 6.51. The second-order valence-corrected chi connectivity index (χ2v) is 4.83. The van der Waals surface area contributed by atoms with Gasteiger partial charge in [-0.25, -0.2) is 0 Å². The van der Waals surface area contributed by atoms with Crippen LogP contribution < -0.4 is 0 Å². The van der Waals surface area contributed by atoms with E-state index in [2.05, 4.69) is 12.0 Å². The first-order chi connectivity index (χ1) is 7.81. The molecule has 0 radical (unpaired) electrons. The molecule has 0 saturated heterocycles. The summed E-state index contributed by atoms with van der Waals surface area (Å²) in [5, 5.41) is 14.6. The molecule has 3 heteroatoms. The van der Waals surface area contributed by atoms with Crippen molar-refractivity contribution < 1.29 is 5.11 Å². The Morgan fingerprint density at radius 3 is 2.62 bits per heavy atom. The lowest BCUT2D eigenvalue weighted by molar-refractivity contribution is 0.0987. The van der Waals surface area contributed by atoms with Crippen molar-refractivity contribution in [3.63, 3.8) is 0 Å². The van der Waals surface area contributed by atoms with E-state index in [1.165, 1.54) is 38.5 Å². The van der Waals surface area contributed by atoms with E-state index < -0.39 is 0 Å². The molecule has 1 heterocycles. The van der Waals surface area contributed by atoms with E-state index in [1.807, 2.05) is 17.1 Å². The van der Waals surface area contributed by atoms with E-state index in [9.17, 15) is 5.11 Å². The maximum absolute atomic E-state index is 10.3. The monoisotopic (exact) mass is 222 g/mol. The average molecular weight is 222 g/mol. The van der Waals surface area contributed by atoms with Gasteiger partial charge < -0.3 is 5.11 Å². The largest absolute Gasteiger partial charge is 0.388 e. The number of aryl methyl sites for hydroxylation is 1. The zero-order valence-corrected chi connectivity index (χ0v) is 10.1. The van der Waals surface area contributed by atoms with Crippen LogP contribution in [0, 0.1) is 5.92 Å². The number of hydrogen-bond acceptors (Lipinski definition) is 2. The van der Waals surface area contributed by atoms with Crippen molar-refractivity contribution >= 4 is 0 Å². The minimum Gasteiger partial charge on any atom is -0.388 e. The Hall–Kier alpha value is -0.830. The van der Waals surface area contributed by atoms with Gasteiger partial charge in [0.25, 0.3) is 0 Å². The molecular formula is C13H22N2O. The number of rotatable bonds is 3. The summed E-state index contributed by atoms with van der Waals surface area (Å²) in [5.41, 5.74) is 0.994. The maximum Gasteiger partial charge on any atom is 0.0848 e. The molecule has 1 aliphatic carbocycles. The van der Waals surface area contributed by atoms with Crippen LogP contribution in [0.25, 0.3) is 0 Å². The Balaban J connectivity index is 2.01. The van der Waals surface area contributed by atoms with Crippen molar-refractivity contribution in [1.29, 1.82) is 0 Å². The van der Waals surface area contributed by atoms with Crippen LogP contribution in [0.1, 0.15) is 57.1 Å². The van der Waals surface area contributed by atoms with Crippen molar-refractivity contribution in [2.75, 3.05) is 0 Å². The molecule has 0 bridgehead atoms. The fraction of sp³-hybridized carbons (Fsp3) is 0.769. The first kappa shape index (κ1) is 11.6. The number of nitrogens with zero attached hydrogens (tertiary/aromatic N) is 2. The summed E-state index contributed by atoms with van der Waals surface area (Å²) in [7, 11) is 0. The maximum atomic E-state index is 10.3. The Kier molecular flexibility index (Phi) is 3.99. The zero-order valence-electron chi connectivity index (χ0n) is 10.1. The highest BCUT2D eigenvalue weighted by Crippen LogP contribution is 2.33. The Morgan fingerprint density at radius 2 is 2.06 bits per heavy atom.